The van der Waals surface area contributed by atoms with Gasteiger partial charge >= 0.3 is 0 Å². The van der Waals surface area contributed by atoms with E-state index in [1.165, 1.54) is 43.9 Å². The zero-order chi connectivity index (χ0) is 22.0. The quantitative estimate of drug-likeness (QED) is 0.763. The van der Waals surface area contributed by atoms with Gasteiger partial charge in [0.15, 0.2) is 0 Å². The van der Waals surface area contributed by atoms with Crippen molar-refractivity contribution in [1.29, 1.82) is 0 Å². The predicted octanol–water partition coefficient (Wildman–Crippen LogP) is 3.53. The van der Waals surface area contributed by atoms with Crippen molar-refractivity contribution in [2.75, 3.05) is 19.0 Å². The molecule has 8 heteroatoms. The van der Waals surface area contributed by atoms with E-state index in [0.717, 1.165) is 5.69 Å². The average molecular weight is 445 g/mol. The summed E-state index contributed by atoms with van der Waals surface area (Å²) in [7, 11) is 1.46. The summed E-state index contributed by atoms with van der Waals surface area (Å²) in [6.45, 7) is 2.87. The summed E-state index contributed by atoms with van der Waals surface area (Å²) >= 11 is 5.93. The Labute approximate surface area is 187 Å². The molecule has 0 bridgehead atoms. The molecule has 1 aliphatic heterocycles. The maximum absolute atomic E-state index is 13.2. The third-order valence-electron chi connectivity index (χ3n) is 6.47. The van der Waals surface area contributed by atoms with Crippen molar-refractivity contribution in [3.8, 4) is 0 Å². The lowest BCUT2D eigenvalue weighted by molar-refractivity contribution is 0.0728. The first-order chi connectivity index (χ1) is 15.0. The van der Waals surface area contributed by atoms with Crippen LogP contribution < -0.4 is 15.7 Å². The van der Waals surface area contributed by atoms with E-state index in [2.05, 4.69) is 12.2 Å². The van der Waals surface area contributed by atoms with Crippen LogP contribution in [0.3, 0.4) is 0 Å². The van der Waals surface area contributed by atoms with Crippen LogP contribution in [0.25, 0.3) is 0 Å². The summed E-state index contributed by atoms with van der Waals surface area (Å²) in [5, 5.41) is 4.00. The fourth-order valence-electron chi connectivity index (χ4n) is 4.62. The Morgan fingerprint density at radius 3 is 2.61 bits per heavy atom. The molecule has 4 rings (SSSR count). The van der Waals surface area contributed by atoms with Crippen LogP contribution in [-0.4, -0.2) is 40.2 Å². The van der Waals surface area contributed by atoms with Gasteiger partial charge in [-0.05, 0) is 49.9 Å². The normalized spacial score (nSPS) is 17.7. The molecule has 2 aromatic rings. The monoisotopic (exact) mass is 444 g/mol. The molecule has 1 fully saturated rings. The van der Waals surface area contributed by atoms with Crippen molar-refractivity contribution < 1.29 is 9.63 Å². The van der Waals surface area contributed by atoms with Gasteiger partial charge in [0.05, 0.1) is 17.8 Å². The van der Waals surface area contributed by atoms with Gasteiger partial charge in [-0.1, -0.05) is 30.9 Å². The highest BCUT2D eigenvalue weighted by atomic mass is 35.5. The van der Waals surface area contributed by atoms with Crippen molar-refractivity contribution >= 4 is 23.5 Å². The highest BCUT2D eigenvalue weighted by Gasteiger charge is 2.28. The number of anilines is 1. The minimum absolute atomic E-state index is 0.126. The van der Waals surface area contributed by atoms with E-state index in [4.69, 9.17) is 21.4 Å². The van der Waals surface area contributed by atoms with E-state index in [-0.39, 0.29) is 24.1 Å². The number of carbonyl (C=O) groups is 1. The summed E-state index contributed by atoms with van der Waals surface area (Å²) in [6, 6.07) is 6.99. The topological polar surface area (TPSA) is 76.5 Å². The molecule has 2 heterocycles. The fraction of sp³-hybridized carbons (Fsp3) is 0.522. The van der Waals surface area contributed by atoms with E-state index in [0.29, 0.717) is 41.0 Å². The number of rotatable bonds is 5. The molecule has 1 amide bonds. The van der Waals surface area contributed by atoms with Gasteiger partial charge in [-0.3, -0.25) is 9.59 Å². The zero-order valence-electron chi connectivity index (χ0n) is 18.1. The van der Waals surface area contributed by atoms with Crippen molar-refractivity contribution in [2.24, 2.45) is 5.92 Å². The molecular weight excluding hydrogens is 416 g/mol. The third kappa shape index (κ3) is 4.56. The van der Waals surface area contributed by atoms with Gasteiger partial charge in [0, 0.05) is 29.6 Å². The van der Waals surface area contributed by atoms with Gasteiger partial charge in [-0.25, -0.2) is 4.98 Å². The molecule has 166 valence electrons. The predicted molar refractivity (Wildman–Crippen MR) is 121 cm³/mol. The second kappa shape index (κ2) is 9.30. The number of halogens is 1. The third-order valence-corrected chi connectivity index (χ3v) is 6.72. The second-order valence-electron chi connectivity index (χ2n) is 8.46. The first-order valence-electron chi connectivity index (χ1n) is 11.0. The van der Waals surface area contributed by atoms with E-state index in [9.17, 15) is 9.59 Å². The summed E-state index contributed by atoms with van der Waals surface area (Å²) < 4.78 is 1.22. The standard InChI is InChI=1S/C23H29ClN4O3/c1-15(16-6-4-3-5-7-16)25-23-26-20-12-13-27(14-19(20)22(30)28(23)31-2)21(29)17-8-10-18(24)11-9-17/h8-11,15-16H,3-7,12-14H2,1-2H3,(H,25,26). The number of aromatic nitrogens is 2. The van der Waals surface area contributed by atoms with Crippen molar-refractivity contribution in [3.05, 3.63) is 56.5 Å². The molecule has 1 N–H and O–H groups in total. The molecule has 1 aliphatic carbocycles. The van der Waals surface area contributed by atoms with Crippen LogP contribution in [0.1, 0.15) is 60.6 Å². The molecule has 1 atom stereocenters. The van der Waals surface area contributed by atoms with Crippen LogP contribution in [0.15, 0.2) is 29.1 Å². The molecule has 0 saturated heterocycles. The van der Waals surface area contributed by atoms with Crippen LogP contribution in [0, 0.1) is 5.92 Å². The number of carbonyl (C=O) groups excluding carboxylic acids is 1. The Hall–Kier alpha value is -2.54. The van der Waals surface area contributed by atoms with E-state index in [1.54, 1.807) is 29.2 Å². The van der Waals surface area contributed by atoms with E-state index in [1.807, 2.05) is 0 Å². The highest BCUT2D eigenvalue weighted by molar-refractivity contribution is 6.30. The molecule has 31 heavy (non-hydrogen) atoms. The maximum Gasteiger partial charge on any atom is 0.293 e. The number of nitrogens with one attached hydrogen (secondary N) is 1. The number of amides is 1. The van der Waals surface area contributed by atoms with Crippen LogP contribution in [0.4, 0.5) is 5.95 Å². The number of hydrogen-bond donors (Lipinski definition) is 1. The molecule has 7 nitrogen and oxygen atoms in total. The van der Waals surface area contributed by atoms with Crippen LogP contribution in [0.2, 0.25) is 5.02 Å². The summed E-state index contributed by atoms with van der Waals surface area (Å²) in [5.74, 6) is 0.889. The lowest BCUT2D eigenvalue weighted by Gasteiger charge is -2.31. The largest absolute Gasteiger partial charge is 0.411 e. The van der Waals surface area contributed by atoms with Gasteiger partial charge in [0.2, 0.25) is 5.95 Å². The van der Waals surface area contributed by atoms with Crippen LogP contribution >= 0.6 is 11.6 Å². The zero-order valence-corrected chi connectivity index (χ0v) is 18.8. The summed E-state index contributed by atoms with van der Waals surface area (Å²) in [5.41, 5.74) is 1.52. The van der Waals surface area contributed by atoms with E-state index < -0.39 is 0 Å². The van der Waals surface area contributed by atoms with Gasteiger partial charge in [-0.2, -0.15) is 0 Å². The summed E-state index contributed by atoms with van der Waals surface area (Å²) in [4.78, 5) is 37.8. The van der Waals surface area contributed by atoms with Gasteiger partial charge in [0.25, 0.3) is 11.5 Å². The van der Waals surface area contributed by atoms with Gasteiger partial charge < -0.3 is 15.1 Å². The Bertz CT molecular complexity index is 999. The maximum atomic E-state index is 13.2. The first kappa shape index (κ1) is 21.7. The molecule has 0 spiro atoms. The smallest absolute Gasteiger partial charge is 0.293 e. The van der Waals surface area contributed by atoms with E-state index >= 15 is 0 Å². The molecule has 1 aromatic carbocycles. The average Bonchev–Trinajstić information content (AvgIpc) is 2.80. The Balaban J connectivity index is 1.56. The highest BCUT2D eigenvalue weighted by Crippen LogP contribution is 2.28. The lowest BCUT2D eigenvalue weighted by atomic mass is 9.85. The molecule has 0 radical (unpaired) electrons. The minimum atomic E-state index is -0.264. The van der Waals surface area contributed by atoms with Crippen LogP contribution in [0.5, 0.6) is 0 Å². The molecule has 1 aromatic heterocycles. The van der Waals surface area contributed by atoms with Crippen LogP contribution in [-0.2, 0) is 13.0 Å². The number of benzene rings is 1. The SMILES string of the molecule is COn1c(NC(C)C2CCCCC2)nc2c(c1=O)CN(C(=O)c1ccc(Cl)cc1)CC2. The minimum Gasteiger partial charge on any atom is -0.411 e. The molecule has 1 unspecified atom stereocenters. The molecule has 1 saturated carbocycles. The lowest BCUT2D eigenvalue weighted by Crippen LogP contribution is -2.43. The fourth-order valence-corrected chi connectivity index (χ4v) is 4.75. The van der Waals surface area contributed by atoms with Gasteiger partial charge in [-0.15, -0.1) is 4.73 Å². The van der Waals surface area contributed by atoms with Gasteiger partial charge in [0.1, 0.15) is 7.11 Å². The number of nitrogens with zero attached hydrogens (tertiary/aromatic N) is 3. The molecular formula is C23H29ClN4O3. The van der Waals surface area contributed by atoms with Crippen molar-refractivity contribution in [1.82, 2.24) is 14.6 Å². The number of fused-ring (bicyclic) bond motifs is 1. The Morgan fingerprint density at radius 1 is 1.23 bits per heavy atom. The summed E-state index contributed by atoms with van der Waals surface area (Å²) in [6.07, 6.45) is 6.72. The van der Waals surface area contributed by atoms with Crippen molar-refractivity contribution in [3.63, 3.8) is 0 Å². The Morgan fingerprint density at radius 2 is 1.94 bits per heavy atom. The first-order valence-corrected chi connectivity index (χ1v) is 11.4. The Kier molecular flexibility index (Phi) is 6.51. The second-order valence-corrected chi connectivity index (χ2v) is 8.89. The number of hydrogen-bond acceptors (Lipinski definition) is 5. The van der Waals surface area contributed by atoms with Crippen molar-refractivity contribution in [2.45, 2.75) is 58.0 Å². The molecule has 2 aliphatic rings.